The number of hydrogen-bond donors (Lipinski definition) is 4. The maximum absolute atomic E-state index is 13.9. The van der Waals surface area contributed by atoms with Gasteiger partial charge in [-0.15, -0.1) is 10.2 Å². The number of morpholine rings is 1. The first-order valence-corrected chi connectivity index (χ1v) is 17.2. The van der Waals surface area contributed by atoms with Crippen LogP contribution in [0.4, 0.5) is 10.5 Å². The smallest absolute Gasteiger partial charge is 0.405 e. The van der Waals surface area contributed by atoms with E-state index in [0.717, 1.165) is 28.8 Å². The first-order chi connectivity index (χ1) is 23.9. The number of nitrogens with zero attached hydrogens (tertiary/aromatic N) is 4. The van der Waals surface area contributed by atoms with Gasteiger partial charge in [-0.2, -0.15) is 5.10 Å². The van der Waals surface area contributed by atoms with Crippen LogP contribution in [-0.2, 0) is 22.5 Å². The molecule has 0 bridgehead atoms. The van der Waals surface area contributed by atoms with Gasteiger partial charge in [0, 0.05) is 42.3 Å². The molecule has 5 aromatic rings. The fourth-order valence-corrected chi connectivity index (χ4v) is 6.76. The van der Waals surface area contributed by atoms with Gasteiger partial charge >= 0.3 is 6.09 Å². The lowest BCUT2D eigenvalue weighted by Crippen LogP contribution is -2.47. The highest BCUT2D eigenvalue weighted by Gasteiger charge is 2.33. The molecule has 13 heteroatoms. The van der Waals surface area contributed by atoms with Crippen molar-refractivity contribution in [2.24, 2.45) is 0 Å². The van der Waals surface area contributed by atoms with Crippen LogP contribution in [0.5, 0.6) is 0 Å². The van der Waals surface area contributed by atoms with Crippen LogP contribution in [0, 0.1) is 6.92 Å². The minimum absolute atomic E-state index is 0.0360. The number of aromatic nitrogens is 4. The summed E-state index contributed by atoms with van der Waals surface area (Å²) in [6.45, 7) is 3.83. The Hall–Kier alpha value is -4.98. The van der Waals surface area contributed by atoms with E-state index in [-0.39, 0.29) is 12.2 Å². The number of anilines is 1. The second-order valence-electron chi connectivity index (χ2n) is 11.9. The highest BCUT2D eigenvalue weighted by molar-refractivity contribution is 7.99. The van der Waals surface area contributed by atoms with Crippen molar-refractivity contribution in [3.8, 4) is 0 Å². The number of para-hydroxylation sites is 1. The average Bonchev–Trinajstić information content (AvgIpc) is 3.75. The van der Waals surface area contributed by atoms with Gasteiger partial charge in [-0.05, 0) is 48.6 Å². The van der Waals surface area contributed by atoms with Crippen molar-refractivity contribution in [2.45, 2.75) is 55.7 Å². The van der Waals surface area contributed by atoms with E-state index in [1.807, 2.05) is 103 Å². The number of aryl methyl sites for hydroxylation is 2. The van der Waals surface area contributed by atoms with Gasteiger partial charge in [0.25, 0.3) is 5.22 Å². The van der Waals surface area contributed by atoms with Gasteiger partial charge in [-0.3, -0.25) is 9.48 Å². The summed E-state index contributed by atoms with van der Waals surface area (Å²) in [4.78, 5) is 25.9. The van der Waals surface area contributed by atoms with E-state index in [1.54, 1.807) is 6.20 Å². The van der Waals surface area contributed by atoms with E-state index in [2.05, 4.69) is 31.2 Å². The van der Waals surface area contributed by atoms with Crippen LogP contribution in [0.2, 0.25) is 0 Å². The molecule has 3 aromatic carbocycles. The van der Waals surface area contributed by atoms with Crippen molar-refractivity contribution in [2.75, 3.05) is 24.2 Å². The summed E-state index contributed by atoms with van der Waals surface area (Å²) >= 11 is 1.47. The summed E-state index contributed by atoms with van der Waals surface area (Å²) in [6.07, 6.45) is 1.76. The Bertz CT molecular complexity index is 1780. The fourth-order valence-electron chi connectivity index (χ4n) is 5.98. The van der Waals surface area contributed by atoms with E-state index in [4.69, 9.17) is 9.15 Å². The maximum Gasteiger partial charge on any atom is 0.405 e. The molecule has 0 saturated carbocycles. The molecule has 2 aromatic heterocycles. The molecule has 0 aliphatic carbocycles. The average molecular weight is 682 g/mol. The van der Waals surface area contributed by atoms with Gasteiger partial charge in [0.2, 0.25) is 11.8 Å². The molecule has 49 heavy (non-hydrogen) atoms. The zero-order chi connectivity index (χ0) is 34.0. The van der Waals surface area contributed by atoms with Gasteiger partial charge in [-0.25, -0.2) is 4.79 Å². The molecule has 6 rings (SSSR count). The lowest BCUT2D eigenvalue weighted by atomic mass is 9.84. The SMILES string of the molecule is Cc1ccnn1Cc1nnc(SC[C@@H]2CNC[C@@H](CCc3ccccc3NC(=O)C(NC(=O)O)C(c3ccccc3)c3ccccc3)O2)o1. The highest BCUT2D eigenvalue weighted by atomic mass is 32.2. The van der Waals surface area contributed by atoms with Crippen LogP contribution in [-0.4, -0.2) is 74.2 Å². The minimum Gasteiger partial charge on any atom is -0.465 e. The number of carboxylic acid groups (broad SMARTS) is 1. The Morgan fingerprint density at radius 2 is 1.65 bits per heavy atom. The lowest BCUT2D eigenvalue weighted by Gasteiger charge is -2.31. The molecule has 2 amide bonds. The van der Waals surface area contributed by atoms with E-state index in [1.165, 1.54) is 11.8 Å². The van der Waals surface area contributed by atoms with Crippen LogP contribution >= 0.6 is 11.8 Å². The standard InChI is InChI=1S/C36H39N7O5S/c1-24-18-19-38-43(24)22-31-41-42-36(48-31)49-23-29-21-37-20-28(47-29)17-16-25-10-8-9-15-30(25)39-34(44)33(40-35(45)46)32(26-11-4-2-5-12-26)27-13-6-3-7-14-27/h2-15,18-19,28-29,32-33,37,40H,16-17,20-23H2,1H3,(H,39,44)(H,45,46)/t28-,29+,33?/m1/s1. The molecule has 3 heterocycles. The summed E-state index contributed by atoms with van der Waals surface area (Å²) in [6, 6.07) is 27.4. The number of ether oxygens (including phenoxy) is 1. The van der Waals surface area contributed by atoms with Gasteiger partial charge in [0.15, 0.2) is 0 Å². The summed E-state index contributed by atoms with van der Waals surface area (Å²) in [5.74, 6) is 0.174. The largest absolute Gasteiger partial charge is 0.465 e. The molecule has 1 saturated heterocycles. The van der Waals surface area contributed by atoms with Crippen molar-refractivity contribution >= 4 is 29.4 Å². The van der Waals surface area contributed by atoms with Crippen molar-refractivity contribution in [1.29, 1.82) is 0 Å². The monoisotopic (exact) mass is 681 g/mol. The van der Waals surface area contributed by atoms with Gasteiger partial charge < -0.3 is 30.2 Å². The molecule has 1 aliphatic heterocycles. The molecular weight excluding hydrogens is 643 g/mol. The zero-order valence-corrected chi connectivity index (χ0v) is 27.9. The normalized spacial score (nSPS) is 16.7. The molecule has 1 aliphatic rings. The summed E-state index contributed by atoms with van der Waals surface area (Å²) in [5, 5.41) is 31.9. The number of hydrogen-bond acceptors (Lipinski definition) is 9. The Morgan fingerprint density at radius 3 is 2.35 bits per heavy atom. The Balaban J connectivity index is 1.07. The molecule has 0 radical (unpaired) electrons. The van der Waals surface area contributed by atoms with Crippen molar-refractivity contribution in [3.63, 3.8) is 0 Å². The molecule has 0 spiro atoms. The first kappa shape index (κ1) is 33.9. The highest BCUT2D eigenvalue weighted by Crippen LogP contribution is 2.30. The van der Waals surface area contributed by atoms with Crippen molar-refractivity contribution in [1.82, 2.24) is 30.6 Å². The molecule has 1 unspecified atom stereocenters. The first-order valence-electron chi connectivity index (χ1n) is 16.2. The topological polar surface area (TPSA) is 156 Å². The summed E-state index contributed by atoms with van der Waals surface area (Å²) in [5.41, 5.74) is 4.25. The molecule has 12 nitrogen and oxygen atoms in total. The molecule has 1 fully saturated rings. The number of carbonyl (C=O) groups excluding carboxylic acids is 1. The van der Waals surface area contributed by atoms with E-state index >= 15 is 0 Å². The molecule has 3 atom stereocenters. The summed E-state index contributed by atoms with van der Waals surface area (Å²) < 4.78 is 14.0. The van der Waals surface area contributed by atoms with Gasteiger partial charge in [0.05, 0.1) is 12.2 Å². The van der Waals surface area contributed by atoms with Crippen LogP contribution in [0.1, 0.15) is 40.6 Å². The number of thioether (sulfide) groups is 1. The quantitative estimate of drug-likeness (QED) is 0.116. The third-order valence-electron chi connectivity index (χ3n) is 8.41. The lowest BCUT2D eigenvalue weighted by molar-refractivity contribution is -0.118. The number of amides is 2. The van der Waals surface area contributed by atoms with Crippen molar-refractivity contribution in [3.05, 3.63) is 125 Å². The Kier molecular flexibility index (Phi) is 11.4. The second kappa shape index (κ2) is 16.4. The maximum atomic E-state index is 13.9. The van der Waals surface area contributed by atoms with Gasteiger partial charge in [0.1, 0.15) is 12.6 Å². The minimum atomic E-state index is -1.27. The number of nitrogens with one attached hydrogen (secondary N) is 3. The molecule has 254 valence electrons. The Labute approximate surface area is 288 Å². The van der Waals surface area contributed by atoms with Crippen LogP contribution in [0.15, 0.2) is 107 Å². The fraction of sp³-hybridized carbons (Fsp3) is 0.306. The predicted octanol–water partition coefficient (Wildman–Crippen LogP) is 5.11. The number of carbonyl (C=O) groups is 2. The second-order valence-corrected chi connectivity index (χ2v) is 12.8. The molecular formula is C36H39N7O5S. The van der Waals surface area contributed by atoms with Crippen LogP contribution in [0.25, 0.3) is 0 Å². The number of rotatable bonds is 14. The summed E-state index contributed by atoms with van der Waals surface area (Å²) in [7, 11) is 0. The third kappa shape index (κ3) is 9.13. The Morgan fingerprint density at radius 1 is 0.959 bits per heavy atom. The van der Waals surface area contributed by atoms with Crippen LogP contribution in [0.3, 0.4) is 0 Å². The number of benzene rings is 3. The van der Waals surface area contributed by atoms with E-state index in [0.29, 0.717) is 48.6 Å². The predicted molar refractivity (Wildman–Crippen MR) is 186 cm³/mol. The molecule has 4 N–H and O–H groups in total. The van der Waals surface area contributed by atoms with E-state index in [9.17, 15) is 14.7 Å². The van der Waals surface area contributed by atoms with Gasteiger partial charge in [-0.1, -0.05) is 90.6 Å². The zero-order valence-electron chi connectivity index (χ0n) is 27.1. The third-order valence-corrected chi connectivity index (χ3v) is 9.36. The van der Waals surface area contributed by atoms with Crippen molar-refractivity contribution < 1.29 is 23.8 Å². The van der Waals surface area contributed by atoms with Crippen LogP contribution < -0.4 is 16.0 Å². The van der Waals surface area contributed by atoms with E-state index < -0.39 is 24.0 Å².